The average Bonchev–Trinajstić information content (AvgIpc) is 2.40. The van der Waals surface area contributed by atoms with E-state index in [-0.39, 0.29) is 28.2 Å². The Morgan fingerprint density at radius 1 is 1.38 bits per heavy atom. The Labute approximate surface area is 138 Å². The summed E-state index contributed by atoms with van der Waals surface area (Å²) in [6.07, 6.45) is 3.33. The molecule has 5 atom stereocenters. The van der Waals surface area contributed by atoms with Gasteiger partial charge in [0.1, 0.15) is 5.76 Å². The molecule has 116 valence electrons. The molecule has 5 unspecified atom stereocenters. The molecule has 0 aromatic heterocycles. The van der Waals surface area contributed by atoms with E-state index in [1.807, 2.05) is 40.8 Å². The number of hydrogen-bond acceptors (Lipinski definition) is 1. The van der Waals surface area contributed by atoms with Crippen LogP contribution in [0, 0.1) is 11.8 Å². The molecule has 0 aromatic carbocycles. The first-order valence-electron chi connectivity index (χ1n) is 7.34. The van der Waals surface area contributed by atoms with Crippen molar-refractivity contribution < 1.29 is 17.9 Å². The van der Waals surface area contributed by atoms with Crippen molar-refractivity contribution >= 4 is 30.4 Å². The number of allylic oxidation sites excluding steroid dienone is 3. The van der Waals surface area contributed by atoms with Crippen LogP contribution in [0.15, 0.2) is 24.0 Å². The van der Waals surface area contributed by atoms with Crippen LogP contribution in [-0.4, -0.2) is 24.1 Å². The molecule has 6 heteroatoms. The van der Waals surface area contributed by atoms with Gasteiger partial charge in [-0.3, -0.25) is 0 Å². The highest BCUT2D eigenvalue weighted by molar-refractivity contribution is 14.1. The van der Waals surface area contributed by atoms with Gasteiger partial charge in [-0.25, -0.2) is 0 Å². The van der Waals surface area contributed by atoms with Gasteiger partial charge in [-0.15, -0.1) is 0 Å². The molecule has 0 spiro atoms. The zero-order valence-corrected chi connectivity index (χ0v) is 14.1. The predicted octanol–water partition coefficient (Wildman–Crippen LogP) is 4.97. The van der Waals surface area contributed by atoms with Crippen molar-refractivity contribution in [3.63, 3.8) is 0 Å². The van der Waals surface area contributed by atoms with Crippen LogP contribution in [0.4, 0.5) is 13.2 Å². The first-order chi connectivity index (χ1) is 9.81. The van der Waals surface area contributed by atoms with Gasteiger partial charge >= 0.3 is 6.18 Å². The molecule has 2 radical (unpaired) electrons. The monoisotopic (exact) mass is 410 g/mol. The summed E-state index contributed by atoms with van der Waals surface area (Å²) in [5.41, 5.74) is 0. The number of ether oxygens (including phenoxy) is 1. The maximum absolute atomic E-state index is 13.0. The zero-order chi connectivity index (χ0) is 15.6. The van der Waals surface area contributed by atoms with E-state index in [2.05, 4.69) is 6.92 Å². The predicted molar refractivity (Wildman–Crippen MR) is 86.6 cm³/mol. The topological polar surface area (TPSA) is 9.23 Å². The summed E-state index contributed by atoms with van der Waals surface area (Å²) < 4.78 is 44.4. The Kier molecular flexibility index (Phi) is 5.71. The smallest absolute Gasteiger partial charge is 0.392 e. The van der Waals surface area contributed by atoms with Gasteiger partial charge in [0, 0.05) is 3.92 Å². The highest BCUT2D eigenvalue weighted by Gasteiger charge is 2.47. The van der Waals surface area contributed by atoms with Crippen LogP contribution in [0.1, 0.15) is 32.6 Å². The molecular formula is C15H19BF3IO. The summed E-state index contributed by atoms with van der Waals surface area (Å²) in [6, 6.07) is 0. The van der Waals surface area contributed by atoms with Gasteiger partial charge in [0.05, 0.1) is 19.9 Å². The quantitative estimate of drug-likeness (QED) is 0.363. The highest BCUT2D eigenvalue weighted by Crippen LogP contribution is 2.43. The van der Waals surface area contributed by atoms with Crippen molar-refractivity contribution in [2.75, 3.05) is 0 Å². The second-order valence-corrected chi connectivity index (χ2v) is 7.39. The second kappa shape index (κ2) is 6.96. The van der Waals surface area contributed by atoms with Gasteiger partial charge in [0.2, 0.25) is 0 Å². The lowest BCUT2D eigenvalue weighted by molar-refractivity contribution is -0.186. The summed E-state index contributed by atoms with van der Waals surface area (Å²) in [4.78, 5) is 0. The van der Waals surface area contributed by atoms with Crippen molar-refractivity contribution in [2.45, 2.75) is 54.6 Å². The SMILES string of the molecule is [B]C1C=C(OC2CCC(I)C(C(F)(F)F)C2)C=CC1CC. The van der Waals surface area contributed by atoms with E-state index in [1.54, 1.807) is 0 Å². The normalized spacial score (nSPS) is 37.2. The lowest BCUT2D eigenvalue weighted by Crippen LogP contribution is -2.39. The fourth-order valence-corrected chi connectivity index (χ4v) is 4.00. The fraction of sp³-hybridized carbons (Fsp3) is 0.733. The summed E-state index contributed by atoms with van der Waals surface area (Å²) >= 11 is 1.91. The third kappa shape index (κ3) is 4.42. The first-order valence-corrected chi connectivity index (χ1v) is 8.58. The van der Waals surface area contributed by atoms with Crippen molar-refractivity contribution in [1.82, 2.24) is 0 Å². The highest BCUT2D eigenvalue weighted by atomic mass is 127. The molecule has 0 bridgehead atoms. The Morgan fingerprint density at radius 2 is 2.10 bits per heavy atom. The third-order valence-corrected chi connectivity index (χ3v) is 5.76. The zero-order valence-electron chi connectivity index (χ0n) is 11.9. The molecule has 0 N–H and O–H groups in total. The molecular weight excluding hydrogens is 391 g/mol. The molecule has 0 aromatic rings. The second-order valence-electron chi connectivity index (χ2n) is 5.79. The maximum Gasteiger partial charge on any atom is 0.392 e. The van der Waals surface area contributed by atoms with Crippen molar-refractivity contribution in [1.29, 1.82) is 0 Å². The molecule has 0 heterocycles. The van der Waals surface area contributed by atoms with Gasteiger partial charge < -0.3 is 4.74 Å². The molecule has 0 amide bonds. The van der Waals surface area contributed by atoms with Crippen LogP contribution in [0.5, 0.6) is 0 Å². The van der Waals surface area contributed by atoms with Crippen LogP contribution < -0.4 is 0 Å². The van der Waals surface area contributed by atoms with Crippen LogP contribution in [0.25, 0.3) is 0 Å². The molecule has 2 rings (SSSR count). The van der Waals surface area contributed by atoms with E-state index in [0.29, 0.717) is 18.6 Å². The Balaban J connectivity index is 1.97. The van der Waals surface area contributed by atoms with E-state index in [9.17, 15) is 13.2 Å². The van der Waals surface area contributed by atoms with Gasteiger partial charge in [-0.05, 0) is 49.6 Å². The van der Waals surface area contributed by atoms with E-state index in [1.165, 1.54) is 0 Å². The number of alkyl halides is 4. The number of rotatable bonds is 3. The molecule has 2 aliphatic rings. The van der Waals surface area contributed by atoms with E-state index in [0.717, 1.165) is 6.42 Å². The van der Waals surface area contributed by atoms with Crippen LogP contribution in [-0.2, 0) is 4.74 Å². The molecule has 1 nitrogen and oxygen atoms in total. The third-order valence-electron chi connectivity index (χ3n) is 4.27. The lowest BCUT2D eigenvalue weighted by atomic mass is 9.73. The Bertz CT molecular complexity index is 422. The lowest BCUT2D eigenvalue weighted by Gasteiger charge is -2.35. The summed E-state index contributed by atoms with van der Waals surface area (Å²) in [5.74, 6) is -0.494. The van der Waals surface area contributed by atoms with Crippen LogP contribution >= 0.6 is 22.6 Å². The maximum atomic E-state index is 13.0. The molecule has 0 aliphatic heterocycles. The van der Waals surface area contributed by atoms with Crippen LogP contribution in [0.3, 0.4) is 0 Å². The molecule has 21 heavy (non-hydrogen) atoms. The Hall–Kier alpha value is -0.135. The number of halogens is 4. The minimum Gasteiger partial charge on any atom is -0.491 e. The first kappa shape index (κ1) is 17.2. The van der Waals surface area contributed by atoms with Gasteiger partial charge in [0.25, 0.3) is 0 Å². The van der Waals surface area contributed by atoms with Gasteiger partial charge in [-0.1, -0.05) is 35.6 Å². The average molecular weight is 410 g/mol. The molecule has 1 fully saturated rings. The van der Waals surface area contributed by atoms with Gasteiger partial charge in [-0.2, -0.15) is 13.2 Å². The molecule has 0 saturated heterocycles. The molecule has 2 aliphatic carbocycles. The Morgan fingerprint density at radius 3 is 2.67 bits per heavy atom. The van der Waals surface area contributed by atoms with Crippen molar-refractivity contribution in [3.05, 3.63) is 24.0 Å². The summed E-state index contributed by atoms with van der Waals surface area (Å²) in [6.45, 7) is 2.06. The molecule has 1 saturated carbocycles. The summed E-state index contributed by atoms with van der Waals surface area (Å²) in [7, 11) is 6.01. The largest absolute Gasteiger partial charge is 0.491 e. The van der Waals surface area contributed by atoms with E-state index in [4.69, 9.17) is 12.6 Å². The van der Waals surface area contributed by atoms with E-state index >= 15 is 0 Å². The minimum atomic E-state index is -4.14. The van der Waals surface area contributed by atoms with E-state index < -0.39 is 12.1 Å². The summed E-state index contributed by atoms with van der Waals surface area (Å²) in [5, 5.41) is 0. The fourth-order valence-electron chi connectivity index (χ4n) is 2.94. The van der Waals surface area contributed by atoms with Crippen molar-refractivity contribution in [2.24, 2.45) is 11.8 Å². The van der Waals surface area contributed by atoms with Gasteiger partial charge in [0.15, 0.2) is 0 Å². The van der Waals surface area contributed by atoms with Crippen molar-refractivity contribution in [3.8, 4) is 0 Å². The minimum absolute atomic E-state index is 0.0364. The standard InChI is InChI=1S/C15H19BF3IO/c1-2-9-3-4-11(8-13(9)16)21-10-5-6-14(20)12(7-10)15(17,18)19/h3-4,8-10,12-14H,2,5-7H2,1H3. The van der Waals surface area contributed by atoms with Crippen LogP contribution in [0.2, 0.25) is 5.82 Å². The number of hydrogen-bond donors (Lipinski definition) is 0.